The highest BCUT2D eigenvalue weighted by Gasteiger charge is 2.23. The summed E-state index contributed by atoms with van der Waals surface area (Å²) in [4.78, 5) is 6.36. The minimum Gasteiger partial charge on any atom is -0.378 e. The van der Waals surface area contributed by atoms with E-state index in [1.165, 1.54) is 11.8 Å². The third-order valence-electron chi connectivity index (χ3n) is 7.38. The molecule has 9 heteroatoms. The molecule has 0 atom stereocenters. The molecule has 0 aromatic heterocycles. The van der Waals surface area contributed by atoms with Crippen molar-refractivity contribution in [3.8, 4) is 22.3 Å². The molecule has 0 unspecified atom stereocenters. The van der Waals surface area contributed by atoms with Gasteiger partial charge in [-0.15, -0.1) is 0 Å². The number of morpholine rings is 2. The van der Waals surface area contributed by atoms with E-state index in [-0.39, 0.29) is 0 Å². The lowest BCUT2D eigenvalue weighted by Gasteiger charge is -2.31. The summed E-state index contributed by atoms with van der Waals surface area (Å²) in [7, 11) is 0. The molecule has 0 radical (unpaired) electrons. The number of para-hydroxylation sites is 2. The Labute approximate surface area is 265 Å². The van der Waals surface area contributed by atoms with Crippen molar-refractivity contribution in [1.29, 1.82) is 0 Å². The number of anilines is 2. The van der Waals surface area contributed by atoms with Gasteiger partial charge >= 0.3 is 0 Å². The second-order valence-corrected chi connectivity index (χ2v) is 12.5. The molecule has 2 aliphatic rings. The Bertz CT molecular complexity index is 1440. The first-order valence-corrected chi connectivity index (χ1v) is 15.8. The van der Waals surface area contributed by atoms with E-state index in [9.17, 15) is 0 Å². The summed E-state index contributed by atoms with van der Waals surface area (Å²) in [6.07, 6.45) is 0. The lowest BCUT2D eigenvalue weighted by molar-refractivity contribution is 0.122. The van der Waals surface area contributed by atoms with E-state index in [0.717, 1.165) is 69.6 Å². The standard InChI is InChI=1S/C32H28Cl4N2O2S/c33-23-9-11-27(31(35)29(23)21-5-1-3-7-25(21)37-13-17-39-18-14-37)41-28-12-10-24(34)30(32(28)36)22-6-2-4-8-26(22)38-15-19-40-20-16-38/h1-12H,13-20H2. The summed E-state index contributed by atoms with van der Waals surface area (Å²) in [5, 5.41) is 2.37. The van der Waals surface area contributed by atoms with Crippen molar-refractivity contribution < 1.29 is 9.47 Å². The molecule has 0 aliphatic carbocycles. The van der Waals surface area contributed by atoms with Crippen molar-refractivity contribution in [3.63, 3.8) is 0 Å². The number of halogens is 4. The molecule has 4 aromatic rings. The molecule has 2 heterocycles. The van der Waals surface area contributed by atoms with Gasteiger partial charge in [-0.2, -0.15) is 0 Å². The minimum atomic E-state index is 0.587. The zero-order valence-electron chi connectivity index (χ0n) is 22.2. The summed E-state index contributed by atoms with van der Waals surface area (Å²) >= 11 is 29.4. The van der Waals surface area contributed by atoms with Crippen LogP contribution < -0.4 is 9.80 Å². The van der Waals surface area contributed by atoms with Gasteiger partial charge in [0, 0.05) is 69.6 Å². The van der Waals surface area contributed by atoms with Gasteiger partial charge in [0.15, 0.2) is 0 Å². The first-order valence-electron chi connectivity index (χ1n) is 13.5. The van der Waals surface area contributed by atoms with Gasteiger partial charge in [0.2, 0.25) is 0 Å². The molecule has 0 amide bonds. The summed E-state index contributed by atoms with van der Waals surface area (Å²) < 4.78 is 11.2. The van der Waals surface area contributed by atoms with E-state index in [4.69, 9.17) is 55.9 Å². The van der Waals surface area contributed by atoms with Crippen LogP contribution in [0.2, 0.25) is 20.1 Å². The largest absolute Gasteiger partial charge is 0.378 e. The van der Waals surface area contributed by atoms with Gasteiger partial charge in [-0.05, 0) is 36.4 Å². The normalized spacial score (nSPS) is 15.8. The monoisotopic (exact) mass is 644 g/mol. The Kier molecular flexibility index (Phi) is 9.23. The maximum absolute atomic E-state index is 7.14. The SMILES string of the molecule is Clc1ccc(Sc2ccc(Cl)c(-c3ccccc3N3CCOCC3)c2Cl)c(Cl)c1-c1ccccc1N1CCOCC1. The number of hydrogen-bond acceptors (Lipinski definition) is 5. The second-order valence-electron chi connectivity index (χ2n) is 9.80. The third kappa shape index (κ3) is 6.05. The predicted molar refractivity (Wildman–Crippen MR) is 174 cm³/mol. The molecule has 212 valence electrons. The van der Waals surface area contributed by atoms with Crippen LogP contribution in [-0.2, 0) is 9.47 Å². The van der Waals surface area contributed by atoms with Crippen molar-refractivity contribution >= 4 is 69.5 Å². The first-order chi connectivity index (χ1) is 20.0. The van der Waals surface area contributed by atoms with Crippen LogP contribution in [0.1, 0.15) is 0 Å². The molecule has 0 spiro atoms. The maximum atomic E-state index is 7.14. The first kappa shape index (κ1) is 29.0. The Morgan fingerprint density at radius 2 is 0.902 bits per heavy atom. The predicted octanol–water partition coefficient (Wildman–Crippen LogP) is 9.46. The van der Waals surface area contributed by atoms with Crippen molar-refractivity contribution in [2.75, 3.05) is 62.4 Å². The lowest BCUT2D eigenvalue weighted by Crippen LogP contribution is -2.36. The summed E-state index contributed by atoms with van der Waals surface area (Å²) in [5.74, 6) is 0. The maximum Gasteiger partial charge on any atom is 0.0642 e. The smallest absolute Gasteiger partial charge is 0.0642 e. The molecule has 4 aromatic carbocycles. The molecular formula is C32H28Cl4N2O2S. The molecule has 2 aliphatic heterocycles. The molecule has 0 N–H and O–H groups in total. The molecule has 2 saturated heterocycles. The van der Waals surface area contributed by atoms with Crippen LogP contribution in [0.4, 0.5) is 11.4 Å². The summed E-state index contributed by atoms with van der Waals surface area (Å²) in [6, 6.07) is 24.2. The number of nitrogens with zero attached hydrogens (tertiary/aromatic N) is 2. The molecule has 2 fully saturated rings. The lowest BCUT2D eigenvalue weighted by atomic mass is 10.0. The van der Waals surface area contributed by atoms with Crippen LogP contribution in [0.5, 0.6) is 0 Å². The second kappa shape index (κ2) is 13.0. The van der Waals surface area contributed by atoms with Crippen molar-refractivity contribution in [3.05, 3.63) is 92.9 Å². The molecule has 41 heavy (non-hydrogen) atoms. The van der Waals surface area contributed by atoms with Gasteiger partial charge in [-0.3, -0.25) is 0 Å². The van der Waals surface area contributed by atoms with Crippen molar-refractivity contribution in [1.82, 2.24) is 0 Å². The van der Waals surface area contributed by atoms with E-state index < -0.39 is 0 Å². The van der Waals surface area contributed by atoms with Crippen molar-refractivity contribution in [2.24, 2.45) is 0 Å². The molecule has 0 saturated carbocycles. The number of rotatable bonds is 6. The van der Waals surface area contributed by atoms with Gasteiger partial charge in [-0.1, -0.05) is 94.6 Å². The highest BCUT2D eigenvalue weighted by molar-refractivity contribution is 7.99. The fraction of sp³-hybridized carbons (Fsp3) is 0.250. The van der Waals surface area contributed by atoms with Crippen LogP contribution in [0, 0.1) is 0 Å². The van der Waals surface area contributed by atoms with Gasteiger partial charge in [0.1, 0.15) is 0 Å². The molecule has 6 rings (SSSR count). The van der Waals surface area contributed by atoms with Gasteiger partial charge in [-0.25, -0.2) is 0 Å². The zero-order chi connectivity index (χ0) is 28.3. The number of hydrogen-bond donors (Lipinski definition) is 0. The Balaban J connectivity index is 1.39. The highest BCUT2D eigenvalue weighted by atomic mass is 35.5. The van der Waals surface area contributed by atoms with Crippen LogP contribution in [0.25, 0.3) is 22.3 Å². The van der Waals surface area contributed by atoms with Gasteiger partial charge < -0.3 is 19.3 Å². The fourth-order valence-electron chi connectivity index (χ4n) is 5.37. The Hall–Kier alpha value is -2.09. The van der Waals surface area contributed by atoms with E-state index in [1.807, 2.05) is 48.5 Å². The molecule has 0 bridgehead atoms. The summed E-state index contributed by atoms with van der Waals surface area (Å²) in [6.45, 7) is 6.03. The van der Waals surface area contributed by atoms with Crippen LogP contribution in [0.3, 0.4) is 0 Å². The van der Waals surface area contributed by atoms with E-state index >= 15 is 0 Å². The average molecular weight is 646 g/mol. The topological polar surface area (TPSA) is 24.9 Å². The van der Waals surface area contributed by atoms with Gasteiger partial charge in [0.25, 0.3) is 0 Å². The molecular weight excluding hydrogens is 618 g/mol. The van der Waals surface area contributed by atoms with Crippen LogP contribution in [-0.4, -0.2) is 52.6 Å². The third-order valence-corrected chi connectivity index (χ3v) is 10.1. The van der Waals surface area contributed by atoms with Crippen LogP contribution in [0.15, 0.2) is 82.6 Å². The minimum absolute atomic E-state index is 0.587. The van der Waals surface area contributed by atoms with Gasteiger partial charge in [0.05, 0.1) is 46.5 Å². The zero-order valence-corrected chi connectivity index (χ0v) is 26.1. The van der Waals surface area contributed by atoms with Crippen LogP contribution >= 0.6 is 58.2 Å². The van der Waals surface area contributed by atoms with E-state index in [0.29, 0.717) is 46.5 Å². The average Bonchev–Trinajstić information content (AvgIpc) is 3.01. The number of benzene rings is 4. The molecule has 4 nitrogen and oxygen atoms in total. The Morgan fingerprint density at radius 3 is 1.32 bits per heavy atom. The van der Waals surface area contributed by atoms with E-state index in [2.05, 4.69) is 34.1 Å². The highest BCUT2D eigenvalue weighted by Crippen LogP contribution is 2.49. The van der Waals surface area contributed by atoms with Crippen molar-refractivity contribution in [2.45, 2.75) is 9.79 Å². The Morgan fingerprint density at radius 1 is 0.512 bits per heavy atom. The fourth-order valence-corrected chi connectivity index (χ4v) is 7.64. The number of ether oxygens (including phenoxy) is 2. The van der Waals surface area contributed by atoms with E-state index in [1.54, 1.807) is 0 Å². The summed E-state index contributed by atoms with van der Waals surface area (Å²) in [5.41, 5.74) is 5.79. The quantitative estimate of drug-likeness (QED) is 0.208.